The van der Waals surface area contributed by atoms with E-state index in [1.165, 1.54) is 24.3 Å². The molecule has 1 aromatic carbocycles. The van der Waals surface area contributed by atoms with Crippen LogP contribution in [0.5, 0.6) is 0 Å². The standard InChI is InChI=1S/C14H14N2O4S/c1-10(11-6-8-15-9-7-11)16-21(19,20)13-4-2-12(3-5-13)14(17)18/h2-10,16H,1H3,(H,17,18). The number of carboxylic acid groups (broad SMARTS) is 1. The number of benzene rings is 1. The van der Waals surface area contributed by atoms with Crippen LogP contribution in [0.2, 0.25) is 0 Å². The second-order valence-electron chi connectivity index (χ2n) is 4.45. The van der Waals surface area contributed by atoms with E-state index in [0.29, 0.717) is 0 Å². The van der Waals surface area contributed by atoms with Crippen molar-refractivity contribution in [3.63, 3.8) is 0 Å². The Hall–Kier alpha value is -2.25. The first-order valence-corrected chi connectivity index (χ1v) is 7.64. The Labute approximate surface area is 122 Å². The van der Waals surface area contributed by atoms with Crippen LogP contribution in [0.1, 0.15) is 28.9 Å². The Balaban J connectivity index is 2.20. The topological polar surface area (TPSA) is 96.4 Å². The molecule has 0 fully saturated rings. The average molecular weight is 306 g/mol. The summed E-state index contributed by atoms with van der Waals surface area (Å²) in [5.41, 5.74) is 0.826. The highest BCUT2D eigenvalue weighted by atomic mass is 32.2. The summed E-state index contributed by atoms with van der Waals surface area (Å²) >= 11 is 0. The van der Waals surface area contributed by atoms with Crippen molar-refractivity contribution in [3.05, 3.63) is 59.9 Å². The summed E-state index contributed by atoms with van der Waals surface area (Å²) in [5, 5.41) is 8.80. The Morgan fingerprint density at radius 3 is 2.24 bits per heavy atom. The van der Waals surface area contributed by atoms with Gasteiger partial charge < -0.3 is 5.11 Å². The normalized spacial score (nSPS) is 12.8. The van der Waals surface area contributed by atoms with Crippen LogP contribution >= 0.6 is 0 Å². The molecule has 1 heterocycles. The molecule has 0 aliphatic rings. The second-order valence-corrected chi connectivity index (χ2v) is 6.17. The number of hydrogen-bond acceptors (Lipinski definition) is 4. The molecule has 2 rings (SSSR count). The van der Waals surface area contributed by atoms with Gasteiger partial charge in [-0.15, -0.1) is 0 Å². The summed E-state index contributed by atoms with van der Waals surface area (Å²) in [6, 6.07) is 8.08. The number of sulfonamides is 1. The minimum atomic E-state index is -3.71. The third-order valence-electron chi connectivity index (χ3n) is 2.95. The van der Waals surface area contributed by atoms with Gasteiger partial charge in [0.15, 0.2) is 0 Å². The van der Waals surface area contributed by atoms with Crippen molar-refractivity contribution >= 4 is 16.0 Å². The van der Waals surface area contributed by atoms with Crippen LogP contribution in [-0.2, 0) is 10.0 Å². The van der Waals surface area contributed by atoms with Crippen molar-refractivity contribution in [1.29, 1.82) is 0 Å². The molecular formula is C14H14N2O4S. The molecule has 2 N–H and O–H groups in total. The quantitative estimate of drug-likeness (QED) is 0.878. The fraction of sp³-hybridized carbons (Fsp3) is 0.143. The highest BCUT2D eigenvalue weighted by Crippen LogP contribution is 2.16. The number of carbonyl (C=O) groups is 1. The summed E-state index contributed by atoms with van der Waals surface area (Å²) in [4.78, 5) is 14.7. The lowest BCUT2D eigenvalue weighted by Crippen LogP contribution is -2.26. The van der Waals surface area contributed by atoms with Crippen molar-refractivity contribution in [1.82, 2.24) is 9.71 Å². The molecule has 2 aromatic rings. The highest BCUT2D eigenvalue weighted by Gasteiger charge is 2.18. The number of aromatic nitrogens is 1. The molecule has 0 aliphatic carbocycles. The largest absolute Gasteiger partial charge is 0.478 e. The van der Waals surface area contributed by atoms with Crippen LogP contribution in [0.25, 0.3) is 0 Å². The van der Waals surface area contributed by atoms with Crippen molar-refractivity contribution in [2.24, 2.45) is 0 Å². The maximum Gasteiger partial charge on any atom is 0.335 e. The summed E-state index contributed by atoms with van der Waals surface area (Å²) in [6.07, 6.45) is 3.17. The Morgan fingerprint density at radius 2 is 1.71 bits per heavy atom. The van der Waals surface area contributed by atoms with E-state index < -0.39 is 22.0 Å². The lowest BCUT2D eigenvalue weighted by atomic mass is 10.1. The van der Waals surface area contributed by atoms with E-state index in [4.69, 9.17) is 5.11 Å². The van der Waals surface area contributed by atoms with E-state index >= 15 is 0 Å². The number of nitrogens with one attached hydrogen (secondary N) is 1. The summed E-state index contributed by atoms with van der Waals surface area (Å²) in [7, 11) is -3.71. The van der Waals surface area contributed by atoms with E-state index in [-0.39, 0.29) is 10.5 Å². The lowest BCUT2D eigenvalue weighted by molar-refractivity contribution is 0.0696. The van der Waals surface area contributed by atoms with Gasteiger partial charge in [0.25, 0.3) is 0 Å². The first-order valence-electron chi connectivity index (χ1n) is 6.16. The third kappa shape index (κ3) is 3.65. The number of aromatic carboxylic acids is 1. The van der Waals surface area contributed by atoms with Crippen LogP contribution in [0, 0.1) is 0 Å². The van der Waals surface area contributed by atoms with Gasteiger partial charge in [0, 0.05) is 18.4 Å². The van der Waals surface area contributed by atoms with E-state index in [1.807, 2.05) is 0 Å². The van der Waals surface area contributed by atoms with Crippen molar-refractivity contribution < 1.29 is 18.3 Å². The number of rotatable bonds is 5. The van der Waals surface area contributed by atoms with E-state index in [0.717, 1.165) is 5.56 Å². The third-order valence-corrected chi connectivity index (χ3v) is 4.51. The van der Waals surface area contributed by atoms with E-state index in [1.54, 1.807) is 31.5 Å². The zero-order valence-corrected chi connectivity index (χ0v) is 12.0. The molecule has 0 spiro atoms. The first-order chi connectivity index (χ1) is 9.90. The molecule has 21 heavy (non-hydrogen) atoms. The number of hydrogen-bond donors (Lipinski definition) is 2. The predicted octanol–water partition coefficient (Wildman–Crippen LogP) is 1.82. The maximum absolute atomic E-state index is 12.2. The van der Waals surface area contributed by atoms with Gasteiger partial charge in [-0.2, -0.15) is 0 Å². The van der Waals surface area contributed by atoms with E-state index in [2.05, 4.69) is 9.71 Å². The lowest BCUT2D eigenvalue weighted by Gasteiger charge is -2.14. The molecule has 0 saturated carbocycles. The molecular weight excluding hydrogens is 292 g/mol. The highest BCUT2D eigenvalue weighted by molar-refractivity contribution is 7.89. The van der Waals surface area contributed by atoms with Crippen LogP contribution in [0.4, 0.5) is 0 Å². The van der Waals surface area contributed by atoms with Crippen molar-refractivity contribution in [2.75, 3.05) is 0 Å². The van der Waals surface area contributed by atoms with Gasteiger partial charge in [-0.05, 0) is 48.9 Å². The van der Waals surface area contributed by atoms with Gasteiger partial charge >= 0.3 is 5.97 Å². The Bertz CT molecular complexity index is 727. The molecule has 0 radical (unpaired) electrons. The smallest absolute Gasteiger partial charge is 0.335 e. The van der Waals surface area contributed by atoms with Crippen LogP contribution in [0.3, 0.4) is 0 Å². The molecule has 6 nitrogen and oxygen atoms in total. The monoisotopic (exact) mass is 306 g/mol. The number of carboxylic acids is 1. The van der Waals surface area contributed by atoms with Crippen LogP contribution < -0.4 is 4.72 Å². The average Bonchev–Trinajstić information content (AvgIpc) is 2.48. The maximum atomic E-state index is 12.2. The van der Waals surface area contributed by atoms with Gasteiger partial charge in [0.1, 0.15) is 0 Å². The molecule has 1 atom stereocenters. The SMILES string of the molecule is CC(NS(=O)(=O)c1ccc(C(=O)O)cc1)c1ccncc1. The van der Waals surface area contributed by atoms with Gasteiger partial charge in [-0.25, -0.2) is 17.9 Å². The van der Waals surface area contributed by atoms with Gasteiger partial charge in [0.2, 0.25) is 10.0 Å². The van der Waals surface area contributed by atoms with Gasteiger partial charge in [0.05, 0.1) is 10.5 Å². The molecule has 110 valence electrons. The minimum absolute atomic E-state index is 0.0217. The fourth-order valence-electron chi connectivity index (χ4n) is 1.80. The Morgan fingerprint density at radius 1 is 1.14 bits per heavy atom. The number of pyridine rings is 1. The fourth-order valence-corrected chi connectivity index (χ4v) is 3.03. The molecule has 0 amide bonds. The molecule has 0 bridgehead atoms. The van der Waals surface area contributed by atoms with Crippen LogP contribution in [0.15, 0.2) is 53.7 Å². The second kappa shape index (κ2) is 6.02. The molecule has 7 heteroatoms. The van der Waals surface area contributed by atoms with Crippen molar-refractivity contribution in [2.45, 2.75) is 17.9 Å². The summed E-state index contributed by atoms with van der Waals surface area (Å²) < 4.78 is 27.0. The van der Waals surface area contributed by atoms with Crippen LogP contribution in [-0.4, -0.2) is 24.5 Å². The zero-order valence-electron chi connectivity index (χ0n) is 11.2. The molecule has 0 aliphatic heterocycles. The molecule has 1 unspecified atom stereocenters. The summed E-state index contributed by atoms with van der Waals surface area (Å²) in [5.74, 6) is -1.10. The van der Waals surface area contributed by atoms with Gasteiger partial charge in [-0.1, -0.05) is 0 Å². The minimum Gasteiger partial charge on any atom is -0.478 e. The van der Waals surface area contributed by atoms with E-state index in [9.17, 15) is 13.2 Å². The zero-order chi connectivity index (χ0) is 15.5. The number of nitrogens with zero attached hydrogens (tertiary/aromatic N) is 1. The summed E-state index contributed by atoms with van der Waals surface area (Å²) in [6.45, 7) is 1.72. The predicted molar refractivity (Wildman–Crippen MR) is 76.4 cm³/mol. The first kappa shape index (κ1) is 15.1. The molecule has 1 aromatic heterocycles. The Kier molecular flexibility index (Phi) is 4.35. The van der Waals surface area contributed by atoms with Gasteiger partial charge in [-0.3, -0.25) is 4.98 Å². The molecule has 0 saturated heterocycles. The van der Waals surface area contributed by atoms with Crippen molar-refractivity contribution in [3.8, 4) is 0 Å².